The molecule has 1 aliphatic rings. The normalized spacial score (nSPS) is 15.1. The smallest absolute Gasteiger partial charge is 0.118 e. The summed E-state index contributed by atoms with van der Waals surface area (Å²) in [5.74, 6) is 0.935. The summed E-state index contributed by atoms with van der Waals surface area (Å²) in [5, 5.41) is 8.51. The lowest BCUT2D eigenvalue weighted by atomic mass is 10.1. The number of aliphatic hydroxyl groups is 1. The monoisotopic (exact) mass is 184 g/mol. The molecule has 0 aromatic rings. The van der Waals surface area contributed by atoms with Crippen molar-refractivity contribution in [1.82, 2.24) is 0 Å². The Kier molecular flexibility index (Phi) is 7.41. The van der Waals surface area contributed by atoms with Crippen molar-refractivity contribution in [3.05, 3.63) is 23.5 Å². The van der Waals surface area contributed by atoms with E-state index in [1.165, 1.54) is 5.57 Å². The number of allylic oxidation sites excluding steroid dienone is 3. The summed E-state index contributed by atoms with van der Waals surface area (Å²) < 4.78 is 5.29. The predicted molar refractivity (Wildman–Crippen MR) is 55.5 cm³/mol. The molecule has 0 aromatic carbocycles. The summed E-state index contributed by atoms with van der Waals surface area (Å²) in [6, 6.07) is 0. The van der Waals surface area contributed by atoms with Crippen molar-refractivity contribution < 1.29 is 9.84 Å². The van der Waals surface area contributed by atoms with E-state index in [4.69, 9.17) is 9.84 Å². The van der Waals surface area contributed by atoms with Gasteiger partial charge in [-0.3, -0.25) is 0 Å². The Morgan fingerprint density at radius 1 is 1.46 bits per heavy atom. The first kappa shape index (κ1) is 12.2. The van der Waals surface area contributed by atoms with Crippen LogP contribution in [0.5, 0.6) is 0 Å². The van der Waals surface area contributed by atoms with Crippen molar-refractivity contribution in [2.24, 2.45) is 0 Å². The van der Waals surface area contributed by atoms with E-state index in [0.29, 0.717) is 6.61 Å². The van der Waals surface area contributed by atoms with E-state index in [-0.39, 0.29) is 6.61 Å². The maximum absolute atomic E-state index is 8.51. The lowest BCUT2D eigenvalue weighted by Crippen LogP contribution is -2.01. The van der Waals surface area contributed by atoms with Gasteiger partial charge in [-0.1, -0.05) is 19.9 Å². The molecule has 0 amide bonds. The Labute approximate surface area is 80.9 Å². The highest BCUT2D eigenvalue weighted by atomic mass is 16.5. The van der Waals surface area contributed by atoms with E-state index in [0.717, 1.165) is 18.6 Å². The second-order valence-corrected chi connectivity index (χ2v) is 2.66. The highest BCUT2D eigenvalue weighted by molar-refractivity contribution is 5.22. The summed E-state index contributed by atoms with van der Waals surface area (Å²) in [5.41, 5.74) is 1.28. The van der Waals surface area contributed by atoms with Gasteiger partial charge in [0.05, 0.1) is 6.61 Å². The van der Waals surface area contributed by atoms with Gasteiger partial charge in [-0.05, 0) is 31.4 Å². The Morgan fingerprint density at radius 3 is 2.69 bits per heavy atom. The fourth-order valence-corrected chi connectivity index (χ4v) is 1.08. The molecular weight excluding hydrogens is 164 g/mol. The van der Waals surface area contributed by atoms with Gasteiger partial charge in [-0.15, -0.1) is 0 Å². The van der Waals surface area contributed by atoms with Crippen LogP contribution in [0.15, 0.2) is 23.5 Å². The molecule has 76 valence electrons. The van der Waals surface area contributed by atoms with Crippen LogP contribution in [0.4, 0.5) is 0 Å². The number of hydrogen-bond acceptors (Lipinski definition) is 2. The molecule has 2 nitrogen and oxygen atoms in total. The van der Waals surface area contributed by atoms with Gasteiger partial charge < -0.3 is 9.84 Å². The Balaban J connectivity index is 0.000000671. The molecule has 0 aromatic heterocycles. The average molecular weight is 184 g/mol. The molecular formula is C11H20O2. The highest BCUT2D eigenvalue weighted by Gasteiger charge is 2.03. The van der Waals surface area contributed by atoms with Crippen molar-refractivity contribution in [2.75, 3.05) is 13.2 Å². The molecule has 0 fully saturated rings. The largest absolute Gasteiger partial charge is 0.491 e. The van der Waals surface area contributed by atoms with Gasteiger partial charge in [0, 0.05) is 0 Å². The number of ether oxygens (including phenoxy) is 1. The summed E-state index contributed by atoms with van der Waals surface area (Å²) in [4.78, 5) is 0. The van der Waals surface area contributed by atoms with E-state index in [2.05, 4.69) is 13.0 Å². The minimum Gasteiger partial charge on any atom is -0.491 e. The van der Waals surface area contributed by atoms with Gasteiger partial charge >= 0.3 is 0 Å². The molecule has 0 heterocycles. The molecule has 13 heavy (non-hydrogen) atoms. The van der Waals surface area contributed by atoms with E-state index in [1.807, 2.05) is 19.9 Å². The minimum absolute atomic E-state index is 0.0879. The van der Waals surface area contributed by atoms with Crippen LogP contribution in [-0.4, -0.2) is 18.3 Å². The number of rotatable bonds is 3. The molecule has 1 rings (SSSR count). The van der Waals surface area contributed by atoms with E-state index in [9.17, 15) is 0 Å². The van der Waals surface area contributed by atoms with Crippen LogP contribution in [0.25, 0.3) is 0 Å². The molecule has 0 spiro atoms. The van der Waals surface area contributed by atoms with Gasteiger partial charge in [-0.25, -0.2) is 0 Å². The SMILES string of the molecule is CC.CC1=C(OCCO)C=CCC1. The van der Waals surface area contributed by atoms with Crippen molar-refractivity contribution >= 4 is 0 Å². The number of aliphatic hydroxyl groups excluding tert-OH is 1. The zero-order chi connectivity index (χ0) is 10.1. The summed E-state index contributed by atoms with van der Waals surface area (Å²) in [6.45, 7) is 6.55. The molecule has 0 bridgehead atoms. The topological polar surface area (TPSA) is 29.5 Å². The van der Waals surface area contributed by atoms with Crippen LogP contribution < -0.4 is 0 Å². The molecule has 1 aliphatic carbocycles. The lowest BCUT2D eigenvalue weighted by Gasteiger charge is -2.12. The molecule has 1 N–H and O–H groups in total. The third-order valence-electron chi connectivity index (χ3n) is 1.72. The molecule has 0 unspecified atom stereocenters. The number of hydrogen-bond donors (Lipinski definition) is 1. The average Bonchev–Trinajstić information content (AvgIpc) is 2.20. The minimum atomic E-state index is 0.0879. The van der Waals surface area contributed by atoms with Gasteiger partial charge in [0.2, 0.25) is 0 Å². The highest BCUT2D eigenvalue weighted by Crippen LogP contribution is 2.18. The van der Waals surface area contributed by atoms with Crippen LogP contribution in [0.2, 0.25) is 0 Å². The summed E-state index contributed by atoms with van der Waals surface area (Å²) >= 11 is 0. The summed E-state index contributed by atoms with van der Waals surface area (Å²) in [6.07, 6.45) is 6.27. The van der Waals surface area contributed by atoms with Gasteiger partial charge in [0.25, 0.3) is 0 Å². The molecule has 0 saturated heterocycles. The Bertz CT molecular complexity index is 181. The molecule has 0 saturated carbocycles. The van der Waals surface area contributed by atoms with Crippen molar-refractivity contribution in [3.8, 4) is 0 Å². The first-order chi connectivity index (χ1) is 6.34. The van der Waals surface area contributed by atoms with Gasteiger partial charge in [-0.2, -0.15) is 0 Å². The van der Waals surface area contributed by atoms with E-state index < -0.39 is 0 Å². The van der Waals surface area contributed by atoms with Crippen LogP contribution in [0.3, 0.4) is 0 Å². The molecule has 0 radical (unpaired) electrons. The maximum atomic E-state index is 8.51. The zero-order valence-corrected chi connectivity index (χ0v) is 8.84. The van der Waals surface area contributed by atoms with Crippen LogP contribution in [-0.2, 0) is 4.74 Å². The standard InChI is InChI=1S/C9H14O2.C2H6/c1-8-4-2-3-5-9(8)11-7-6-10;1-2/h3,5,10H,2,4,6-7H2,1H3;1-2H3. The fourth-order valence-electron chi connectivity index (χ4n) is 1.08. The maximum Gasteiger partial charge on any atom is 0.118 e. The van der Waals surface area contributed by atoms with Crippen LogP contribution in [0.1, 0.15) is 33.6 Å². The first-order valence-electron chi connectivity index (χ1n) is 4.94. The van der Waals surface area contributed by atoms with Gasteiger partial charge in [0.15, 0.2) is 0 Å². The van der Waals surface area contributed by atoms with Crippen molar-refractivity contribution in [2.45, 2.75) is 33.6 Å². The van der Waals surface area contributed by atoms with E-state index in [1.54, 1.807) is 0 Å². The van der Waals surface area contributed by atoms with Gasteiger partial charge in [0.1, 0.15) is 12.4 Å². The van der Waals surface area contributed by atoms with Crippen molar-refractivity contribution in [3.63, 3.8) is 0 Å². The second-order valence-electron chi connectivity index (χ2n) is 2.66. The van der Waals surface area contributed by atoms with Crippen LogP contribution in [0, 0.1) is 0 Å². The molecule has 0 atom stereocenters. The predicted octanol–water partition coefficient (Wildman–Crippen LogP) is 2.65. The fraction of sp³-hybridized carbons (Fsp3) is 0.636. The second kappa shape index (κ2) is 7.87. The summed E-state index contributed by atoms with van der Waals surface area (Å²) in [7, 11) is 0. The molecule has 0 aliphatic heterocycles. The zero-order valence-electron chi connectivity index (χ0n) is 8.84. The van der Waals surface area contributed by atoms with Crippen LogP contribution >= 0.6 is 0 Å². The third kappa shape index (κ3) is 4.73. The first-order valence-corrected chi connectivity index (χ1v) is 4.94. The Hall–Kier alpha value is -0.760. The molecule has 2 heteroatoms. The van der Waals surface area contributed by atoms with E-state index >= 15 is 0 Å². The third-order valence-corrected chi connectivity index (χ3v) is 1.72. The quantitative estimate of drug-likeness (QED) is 0.730. The van der Waals surface area contributed by atoms with Crippen molar-refractivity contribution in [1.29, 1.82) is 0 Å². The Morgan fingerprint density at radius 2 is 2.15 bits per heavy atom. The lowest BCUT2D eigenvalue weighted by molar-refractivity contribution is 0.149.